The standard InChI is InChI=1S/C6H11FO/c1-4(8)5-2-6(7)3-5/h4-6,8H,2-3H2,1H3/t4-,5?,6?/m1/s1. The van der Waals surface area contributed by atoms with Crippen LogP contribution in [0.25, 0.3) is 0 Å². The van der Waals surface area contributed by atoms with Gasteiger partial charge in [-0.2, -0.15) is 0 Å². The lowest BCUT2D eigenvalue weighted by atomic mass is 9.80. The molecule has 1 atom stereocenters. The summed E-state index contributed by atoms with van der Waals surface area (Å²) < 4.78 is 12.0. The molecule has 0 aromatic carbocycles. The van der Waals surface area contributed by atoms with Crippen molar-refractivity contribution in [3.05, 3.63) is 0 Å². The summed E-state index contributed by atoms with van der Waals surface area (Å²) in [7, 11) is 0. The fraction of sp³-hybridized carbons (Fsp3) is 1.00. The highest BCUT2D eigenvalue weighted by molar-refractivity contribution is 4.81. The van der Waals surface area contributed by atoms with E-state index in [4.69, 9.17) is 5.11 Å². The minimum absolute atomic E-state index is 0.241. The first kappa shape index (κ1) is 6.02. The van der Waals surface area contributed by atoms with Gasteiger partial charge >= 0.3 is 0 Å². The van der Waals surface area contributed by atoms with Gasteiger partial charge in [-0.15, -0.1) is 0 Å². The zero-order valence-corrected chi connectivity index (χ0v) is 4.97. The minimum atomic E-state index is -0.630. The van der Waals surface area contributed by atoms with Crippen LogP contribution in [-0.2, 0) is 0 Å². The Bertz CT molecular complexity index is 76.6. The van der Waals surface area contributed by atoms with E-state index in [2.05, 4.69) is 0 Å². The Labute approximate surface area is 48.5 Å². The Morgan fingerprint density at radius 3 is 2.25 bits per heavy atom. The fourth-order valence-corrected chi connectivity index (χ4v) is 0.982. The Kier molecular flexibility index (Phi) is 1.52. The van der Waals surface area contributed by atoms with E-state index in [-0.39, 0.29) is 12.0 Å². The normalized spacial score (nSPS) is 40.9. The Balaban J connectivity index is 2.15. The smallest absolute Gasteiger partial charge is 0.101 e. The van der Waals surface area contributed by atoms with Crippen LogP contribution in [-0.4, -0.2) is 17.4 Å². The predicted octanol–water partition coefficient (Wildman–Crippen LogP) is 1.12. The molecule has 1 nitrogen and oxygen atoms in total. The molecule has 1 rings (SSSR count). The van der Waals surface area contributed by atoms with Crippen molar-refractivity contribution >= 4 is 0 Å². The maximum Gasteiger partial charge on any atom is 0.101 e. The zero-order chi connectivity index (χ0) is 6.15. The molecule has 0 saturated heterocycles. The monoisotopic (exact) mass is 118 g/mol. The van der Waals surface area contributed by atoms with Crippen LogP contribution in [0.5, 0.6) is 0 Å². The van der Waals surface area contributed by atoms with Crippen LogP contribution in [0.15, 0.2) is 0 Å². The van der Waals surface area contributed by atoms with Crippen LogP contribution in [0.1, 0.15) is 19.8 Å². The summed E-state index contributed by atoms with van der Waals surface area (Å²) in [4.78, 5) is 0. The first-order valence-electron chi connectivity index (χ1n) is 3.02. The topological polar surface area (TPSA) is 20.2 Å². The van der Waals surface area contributed by atoms with Gasteiger partial charge in [-0.25, -0.2) is 4.39 Å². The molecular weight excluding hydrogens is 107 g/mol. The van der Waals surface area contributed by atoms with Crippen molar-refractivity contribution in [3.8, 4) is 0 Å². The van der Waals surface area contributed by atoms with Crippen molar-refractivity contribution in [2.24, 2.45) is 5.92 Å². The second-order valence-electron chi connectivity index (χ2n) is 2.57. The Hall–Kier alpha value is -0.110. The minimum Gasteiger partial charge on any atom is -0.393 e. The van der Waals surface area contributed by atoms with Gasteiger partial charge in [0.2, 0.25) is 0 Å². The lowest BCUT2D eigenvalue weighted by molar-refractivity contribution is 0.0228. The maximum atomic E-state index is 12.0. The number of aliphatic hydroxyl groups is 1. The largest absolute Gasteiger partial charge is 0.393 e. The summed E-state index contributed by atoms with van der Waals surface area (Å²) in [6.45, 7) is 1.72. The third kappa shape index (κ3) is 0.996. The Morgan fingerprint density at radius 2 is 2.12 bits per heavy atom. The zero-order valence-electron chi connectivity index (χ0n) is 4.97. The maximum absolute atomic E-state index is 12.0. The number of aliphatic hydroxyl groups excluding tert-OH is 1. The molecule has 0 bridgehead atoms. The fourth-order valence-electron chi connectivity index (χ4n) is 0.982. The van der Waals surface area contributed by atoms with Crippen molar-refractivity contribution < 1.29 is 9.50 Å². The van der Waals surface area contributed by atoms with Crippen molar-refractivity contribution in [3.63, 3.8) is 0 Å². The lowest BCUT2D eigenvalue weighted by Gasteiger charge is -2.31. The molecule has 0 aromatic heterocycles. The van der Waals surface area contributed by atoms with Crippen LogP contribution in [0.3, 0.4) is 0 Å². The molecule has 1 aliphatic rings. The highest BCUT2D eigenvalue weighted by atomic mass is 19.1. The second-order valence-corrected chi connectivity index (χ2v) is 2.57. The van der Waals surface area contributed by atoms with E-state index in [1.807, 2.05) is 0 Å². The van der Waals surface area contributed by atoms with Crippen LogP contribution < -0.4 is 0 Å². The van der Waals surface area contributed by atoms with Crippen molar-refractivity contribution in [2.75, 3.05) is 0 Å². The van der Waals surface area contributed by atoms with Gasteiger partial charge in [0.05, 0.1) is 6.10 Å². The highest BCUT2D eigenvalue weighted by Crippen LogP contribution is 2.32. The van der Waals surface area contributed by atoms with E-state index in [0.717, 1.165) is 0 Å². The van der Waals surface area contributed by atoms with E-state index in [1.165, 1.54) is 0 Å². The van der Waals surface area contributed by atoms with E-state index in [1.54, 1.807) is 6.92 Å². The first-order chi connectivity index (χ1) is 3.70. The van der Waals surface area contributed by atoms with Gasteiger partial charge in [-0.1, -0.05) is 0 Å². The molecule has 0 aliphatic heterocycles. The molecule has 0 aromatic rings. The molecule has 0 unspecified atom stereocenters. The summed E-state index contributed by atoms with van der Waals surface area (Å²) in [5, 5.41) is 8.82. The molecule has 0 spiro atoms. The van der Waals surface area contributed by atoms with Crippen molar-refractivity contribution in [1.82, 2.24) is 0 Å². The van der Waals surface area contributed by atoms with Crippen molar-refractivity contribution in [1.29, 1.82) is 0 Å². The molecule has 1 saturated carbocycles. The second kappa shape index (κ2) is 2.02. The molecule has 0 heterocycles. The molecular formula is C6H11FO. The molecule has 8 heavy (non-hydrogen) atoms. The van der Waals surface area contributed by atoms with Gasteiger partial charge in [-0.05, 0) is 25.7 Å². The van der Waals surface area contributed by atoms with Crippen LogP contribution in [0, 0.1) is 5.92 Å². The molecule has 2 heteroatoms. The number of alkyl halides is 1. The number of rotatable bonds is 1. The molecule has 1 aliphatic carbocycles. The van der Waals surface area contributed by atoms with Crippen LogP contribution >= 0.6 is 0 Å². The summed E-state index contributed by atoms with van der Waals surface area (Å²) >= 11 is 0. The summed E-state index contributed by atoms with van der Waals surface area (Å²) in [6, 6.07) is 0. The molecule has 0 radical (unpaired) electrons. The van der Waals surface area contributed by atoms with Gasteiger partial charge in [0.15, 0.2) is 0 Å². The van der Waals surface area contributed by atoms with E-state index < -0.39 is 6.17 Å². The summed E-state index contributed by atoms with van der Waals surface area (Å²) in [6.07, 6.45) is 0.201. The van der Waals surface area contributed by atoms with E-state index in [9.17, 15) is 4.39 Å². The molecule has 0 amide bonds. The van der Waals surface area contributed by atoms with Gasteiger partial charge in [0.25, 0.3) is 0 Å². The number of hydrogen-bond acceptors (Lipinski definition) is 1. The first-order valence-corrected chi connectivity index (χ1v) is 3.02. The lowest BCUT2D eigenvalue weighted by Crippen LogP contribution is -2.32. The number of hydrogen-bond donors (Lipinski definition) is 1. The predicted molar refractivity (Wildman–Crippen MR) is 29.3 cm³/mol. The van der Waals surface area contributed by atoms with E-state index >= 15 is 0 Å². The molecule has 48 valence electrons. The SMILES string of the molecule is C[C@@H](O)C1CC(F)C1. The number of halogens is 1. The molecule has 1 fully saturated rings. The van der Waals surface area contributed by atoms with Crippen LogP contribution in [0.2, 0.25) is 0 Å². The van der Waals surface area contributed by atoms with Crippen LogP contribution in [0.4, 0.5) is 4.39 Å². The summed E-state index contributed by atoms with van der Waals surface area (Å²) in [5.74, 6) is 0.241. The van der Waals surface area contributed by atoms with Gasteiger partial charge in [0, 0.05) is 0 Å². The average Bonchev–Trinajstić information content (AvgIpc) is 1.57. The van der Waals surface area contributed by atoms with Gasteiger partial charge in [-0.3, -0.25) is 0 Å². The van der Waals surface area contributed by atoms with Crippen molar-refractivity contribution in [2.45, 2.75) is 32.0 Å². The quantitative estimate of drug-likeness (QED) is 0.547. The third-order valence-corrected chi connectivity index (χ3v) is 1.80. The van der Waals surface area contributed by atoms with Gasteiger partial charge < -0.3 is 5.11 Å². The Morgan fingerprint density at radius 1 is 1.62 bits per heavy atom. The summed E-state index contributed by atoms with van der Waals surface area (Å²) in [5.41, 5.74) is 0. The average molecular weight is 118 g/mol. The van der Waals surface area contributed by atoms with Gasteiger partial charge in [0.1, 0.15) is 6.17 Å². The highest BCUT2D eigenvalue weighted by Gasteiger charge is 2.31. The third-order valence-electron chi connectivity index (χ3n) is 1.80. The molecule has 1 N–H and O–H groups in total. The van der Waals surface area contributed by atoms with E-state index in [0.29, 0.717) is 12.8 Å².